The van der Waals surface area contributed by atoms with Gasteiger partial charge in [-0.05, 0) is 31.4 Å². The van der Waals surface area contributed by atoms with Gasteiger partial charge in [0.15, 0.2) is 0 Å². The number of hydrogen-bond donors (Lipinski definition) is 1. The maximum Gasteiger partial charge on any atom is 0.264 e. The van der Waals surface area contributed by atoms with Gasteiger partial charge in [0.25, 0.3) is 5.91 Å². The molecule has 2 atom stereocenters. The fraction of sp³-hybridized carbons (Fsp3) is 0.462. The Morgan fingerprint density at radius 3 is 2.72 bits per heavy atom. The lowest BCUT2D eigenvalue weighted by molar-refractivity contribution is 0.0549. The molecule has 1 fully saturated rings. The Morgan fingerprint density at radius 1 is 1.33 bits per heavy atom. The van der Waals surface area contributed by atoms with Gasteiger partial charge in [-0.25, -0.2) is 0 Å². The SMILES string of the molecule is CC1CNCC(C)N1C(=O)c1cc2sccc2s1. The number of carbonyl (C=O) groups excluding carboxylic acids is 1. The molecule has 96 valence electrons. The number of fused-ring (bicyclic) bond motifs is 1. The summed E-state index contributed by atoms with van der Waals surface area (Å²) in [5, 5.41) is 5.43. The number of carbonyl (C=O) groups is 1. The molecule has 0 spiro atoms. The smallest absolute Gasteiger partial charge is 0.264 e. The highest BCUT2D eigenvalue weighted by Crippen LogP contribution is 2.31. The summed E-state index contributed by atoms with van der Waals surface area (Å²) in [4.78, 5) is 15.5. The first-order valence-corrected chi connectivity index (χ1v) is 7.87. The number of amides is 1. The van der Waals surface area contributed by atoms with E-state index in [0.717, 1.165) is 18.0 Å². The number of hydrogen-bond acceptors (Lipinski definition) is 4. The summed E-state index contributed by atoms with van der Waals surface area (Å²) in [7, 11) is 0. The number of rotatable bonds is 1. The van der Waals surface area contributed by atoms with Gasteiger partial charge in [0.05, 0.1) is 4.88 Å². The van der Waals surface area contributed by atoms with E-state index in [1.165, 1.54) is 9.40 Å². The lowest BCUT2D eigenvalue weighted by atomic mass is 10.1. The summed E-state index contributed by atoms with van der Waals surface area (Å²) >= 11 is 3.31. The van der Waals surface area contributed by atoms with Crippen LogP contribution in [0.4, 0.5) is 0 Å². The molecule has 1 N–H and O–H groups in total. The van der Waals surface area contributed by atoms with Crippen molar-refractivity contribution in [1.82, 2.24) is 10.2 Å². The Labute approximate surface area is 114 Å². The van der Waals surface area contributed by atoms with Crippen molar-refractivity contribution in [3.8, 4) is 0 Å². The van der Waals surface area contributed by atoms with Crippen molar-refractivity contribution in [2.75, 3.05) is 13.1 Å². The average Bonchev–Trinajstić information content (AvgIpc) is 2.88. The number of piperazine rings is 1. The molecule has 0 saturated carbocycles. The van der Waals surface area contributed by atoms with Crippen molar-refractivity contribution in [1.29, 1.82) is 0 Å². The minimum atomic E-state index is 0.185. The van der Waals surface area contributed by atoms with E-state index < -0.39 is 0 Å². The van der Waals surface area contributed by atoms with Crippen molar-refractivity contribution in [2.45, 2.75) is 25.9 Å². The van der Waals surface area contributed by atoms with Gasteiger partial charge >= 0.3 is 0 Å². The van der Waals surface area contributed by atoms with Crippen molar-refractivity contribution in [3.63, 3.8) is 0 Å². The summed E-state index contributed by atoms with van der Waals surface area (Å²) in [5.74, 6) is 0.185. The van der Waals surface area contributed by atoms with Crippen LogP contribution in [-0.2, 0) is 0 Å². The molecular formula is C13H16N2OS2. The predicted molar refractivity (Wildman–Crippen MR) is 77.7 cm³/mol. The van der Waals surface area contributed by atoms with E-state index in [-0.39, 0.29) is 18.0 Å². The Balaban J connectivity index is 1.91. The monoisotopic (exact) mass is 280 g/mol. The normalized spacial score (nSPS) is 24.7. The lowest BCUT2D eigenvalue weighted by Crippen LogP contribution is -2.57. The minimum Gasteiger partial charge on any atom is -0.330 e. The van der Waals surface area contributed by atoms with Crippen LogP contribution in [0.25, 0.3) is 9.40 Å². The van der Waals surface area contributed by atoms with Crippen molar-refractivity contribution in [2.24, 2.45) is 0 Å². The Bertz CT molecular complexity index is 536. The molecule has 2 aromatic rings. The molecule has 0 bridgehead atoms. The van der Waals surface area contributed by atoms with E-state index in [1.807, 2.05) is 11.0 Å². The zero-order valence-corrected chi connectivity index (χ0v) is 12.1. The average molecular weight is 280 g/mol. The van der Waals surface area contributed by atoms with Crippen molar-refractivity contribution < 1.29 is 4.79 Å². The predicted octanol–water partition coefficient (Wildman–Crippen LogP) is 2.79. The molecule has 3 nitrogen and oxygen atoms in total. The molecule has 0 aromatic carbocycles. The van der Waals surface area contributed by atoms with E-state index >= 15 is 0 Å². The van der Waals surface area contributed by atoms with Crippen LogP contribution in [0.3, 0.4) is 0 Å². The molecule has 5 heteroatoms. The maximum absolute atomic E-state index is 12.6. The van der Waals surface area contributed by atoms with Crippen LogP contribution in [0.5, 0.6) is 0 Å². The summed E-state index contributed by atoms with van der Waals surface area (Å²) < 4.78 is 2.44. The van der Waals surface area contributed by atoms with Gasteiger partial charge in [-0.1, -0.05) is 0 Å². The molecule has 2 unspecified atom stereocenters. The van der Waals surface area contributed by atoms with Crippen LogP contribution < -0.4 is 5.32 Å². The second kappa shape index (κ2) is 4.64. The van der Waals surface area contributed by atoms with Gasteiger partial charge in [-0.15, -0.1) is 22.7 Å². The molecule has 1 amide bonds. The largest absolute Gasteiger partial charge is 0.330 e. The van der Waals surface area contributed by atoms with Gasteiger partial charge in [0.1, 0.15) is 0 Å². The molecule has 0 radical (unpaired) electrons. The lowest BCUT2D eigenvalue weighted by Gasteiger charge is -2.39. The van der Waals surface area contributed by atoms with Crippen molar-refractivity contribution in [3.05, 3.63) is 22.4 Å². The molecule has 18 heavy (non-hydrogen) atoms. The molecule has 3 rings (SSSR count). The van der Waals surface area contributed by atoms with Crippen LogP contribution >= 0.6 is 22.7 Å². The first-order valence-electron chi connectivity index (χ1n) is 6.17. The number of thiophene rings is 2. The highest BCUT2D eigenvalue weighted by Gasteiger charge is 2.30. The van der Waals surface area contributed by atoms with Crippen LogP contribution in [0.15, 0.2) is 17.5 Å². The molecule has 1 aliphatic heterocycles. The third kappa shape index (κ3) is 1.96. The quantitative estimate of drug-likeness (QED) is 0.871. The Hall–Kier alpha value is -0.910. The summed E-state index contributed by atoms with van der Waals surface area (Å²) in [6.45, 7) is 5.98. The maximum atomic E-state index is 12.6. The highest BCUT2D eigenvalue weighted by atomic mass is 32.1. The van der Waals surface area contributed by atoms with E-state index in [2.05, 4.69) is 30.6 Å². The van der Waals surface area contributed by atoms with E-state index in [0.29, 0.717) is 0 Å². The topological polar surface area (TPSA) is 32.3 Å². The standard InChI is InChI=1S/C13H16N2OS2/c1-8-6-14-7-9(2)15(8)13(16)12-5-11-10(18-12)3-4-17-11/h3-5,8-9,14H,6-7H2,1-2H3. The van der Waals surface area contributed by atoms with E-state index in [4.69, 9.17) is 0 Å². The second-order valence-corrected chi connectivity index (χ2v) is 6.86. The Kier molecular flexibility index (Phi) is 3.13. The number of nitrogens with one attached hydrogen (secondary N) is 1. The van der Waals surface area contributed by atoms with Gasteiger partial charge < -0.3 is 10.2 Å². The first kappa shape index (κ1) is 12.1. The van der Waals surface area contributed by atoms with E-state index in [9.17, 15) is 4.79 Å². The fourth-order valence-corrected chi connectivity index (χ4v) is 4.58. The van der Waals surface area contributed by atoms with Gasteiger partial charge in [0, 0.05) is 34.6 Å². The third-order valence-electron chi connectivity index (χ3n) is 3.41. The first-order chi connectivity index (χ1) is 8.66. The fourth-order valence-electron chi connectivity index (χ4n) is 2.53. The van der Waals surface area contributed by atoms with Crippen LogP contribution in [0.1, 0.15) is 23.5 Å². The summed E-state index contributed by atoms with van der Waals surface area (Å²) in [6, 6.07) is 4.66. The summed E-state index contributed by atoms with van der Waals surface area (Å²) in [5.41, 5.74) is 0. The van der Waals surface area contributed by atoms with Gasteiger partial charge in [-0.3, -0.25) is 4.79 Å². The minimum absolute atomic E-state index is 0.185. The molecule has 1 saturated heterocycles. The highest BCUT2D eigenvalue weighted by molar-refractivity contribution is 7.27. The van der Waals surface area contributed by atoms with Crippen molar-refractivity contribution >= 4 is 38.0 Å². The molecule has 1 aliphatic rings. The van der Waals surface area contributed by atoms with Crippen LogP contribution in [-0.4, -0.2) is 36.0 Å². The number of nitrogens with zero attached hydrogens (tertiary/aromatic N) is 1. The van der Waals surface area contributed by atoms with E-state index in [1.54, 1.807) is 22.7 Å². The second-order valence-electron chi connectivity index (χ2n) is 4.83. The van der Waals surface area contributed by atoms with Crippen LogP contribution in [0.2, 0.25) is 0 Å². The van der Waals surface area contributed by atoms with Gasteiger partial charge in [-0.2, -0.15) is 0 Å². The molecule has 0 aliphatic carbocycles. The van der Waals surface area contributed by atoms with Gasteiger partial charge in [0.2, 0.25) is 0 Å². The molecular weight excluding hydrogens is 264 g/mol. The zero-order valence-electron chi connectivity index (χ0n) is 10.5. The Morgan fingerprint density at radius 2 is 2.06 bits per heavy atom. The molecule has 3 heterocycles. The third-order valence-corrected chi connectivity index (χ3v) is 5.50. The summed E-state index contributed by atoms with van der Waals surface area (Å²) in [6.07, 6.45) is 0. The molecule has 2 aromatic heterocycles. The zero-order chi connectivity index (χ0) is 12.7. The van der Waals surface area contributed by atoms with Crippen LogP contribution in [0, 0.1) is 0 Å².